The lowest BCUT2D eigenvalue weighted by molar-refractivity contribution is -0.143. The van der Waals surface area contributed by atoms with Crippen LogP contribution in [-0.4, -0.2) is 16.8 Å². The Labute approximate surface area is 99.2 Å². The van der Waals surface area contributed by atoms with Gasteiger partial charge in [-0.15, -0.1) is 11.8 Å². The van der Waals surface area contributed by atoms with Crippen molar-refractivity contribution in [1.82, 2.24) is 5.16 Å². The molecular weight excluding hydrogens is 257 g/mol. The number of alkyl halides is 3. The maximum absolute atomic E-state index is 12.6. The monoisotopic (exact) mass is 266 g/mol. The molecule has 0 fully saturated rings. The van der Waals surface area contributed by atoms with E-state index in [4.69, 9.17) is 4.84 Å². The van der Waals surface area contributed by atoms with E-state index in [9.17, 15) is 13.2 Å². The van der Waals surface area contributed by atoms with E-state index in [0.717, 1.165) is 0 Å². The van der Waals surface area contributed by atoms with E-state index in [0.29, 0.717) is 18.1 Å². The highest BCUT2D eigenvalue weighted by Gasteiger charge is 2.38. The summed E-state index contributed by atoms with van der Waals surface area (Å²) in [5.41, 5.74) is -0.890. The molecule has 0 N–H and O–H groups in total. The van der Waals surface area contributed by atoms with Crippen LogP contribution >= 0.6 is 11.8 Å². The molecule has 1 aromatic rings. The number of rotatable bonds is 2. The number of thioether (sulfide) groups is 1. The van der Waals surface area contributed by atoms with Crippen molar-refractivity contribution < 1.29 is 22.5 Å². The van der Waals surface area contributed by atoms with Gasteiger partial charge in [-0.1, -0.05) is 10.3 Å². The summed E-state index contributed by atoms with van der Waals surface area (Å²) in [6.07, 6.45) is -3.85. The van der Waals surface area contributed by atoms with Gasteiger partial charge in [0.1, 0.15) is 17.4 Å². The lowest BCUT2D eigenvalue weighted by Gasteiger charge is -2.04. The van der Waals surface area contributed by atoms with Gasteiger partial charge in [0, 0.05) is 17.7 Å². The van der Waals surface area contributed by atoms with Gasteiger partial charge in [0.15, 0.2) is 5.69 Å². The van der Waals surface area contributed by atoms with Crippen LogP contribution in [-0.2, 0) is 16.8 Å². The van der Waals surface area contributed by atoms with E-state index in [-0.39, 0.29) is 17.1 Å². The van der Waals surface area contributed by atoms with Crippen molar-refractivity contribution in [3.05, 3.63) is 17.0 Å². The molecule has 0 saturated heterocycles. The van der Waals surface area contributed by atoms with E-state index in [1.54, 1.807) is 0 Å². The molecule has 0 unspecified atom stereocenters. The number of nitrogens with zero attached hydrogens (tertiary/aromatic N) is 2. The summed E-state index contributed by atoms with van der Waals surface area (Å²) in [6.45, 7) is 1.95. The second-order valence-electron chi connectivity index (χ2n) is 3.42. The Kier molecular flexibility index (Phi) is 3.32. The van der Waals surface area contributed by atoms with Crippen LogP contribution < -0.4 is 0 Å². The molecule has 0 spiro atoms. The molecule has 8 heteroatoms. The zero-order valence-corrected chi connectivity index (χ0v) is 9.69. The Bertz CT molecular complexity index is 442. The van der Waals surface area contributed by atoms with E-state index in [2.05, 4.69) is 14.8 Å². The third kappa shape index (κ3) is 2.74. The van der Waals surface area contributed by atoms with Crippen LogP contribution in [0.4, 0.5) is 13.2 Å². The highest BCUT2D eigenvalue weighted by Crippen LogP contribution is 2.34. The maximum Gasteiger partial charge on any atom is 0.437 e. The molecule has 0 amide bonds. The van der Waals surface area contributed by atoms with E-state index < -0.39 is 11.9 Å². The molecule has 0 radical (unpaired) electrons. The third-order valence-corrected chi connectivity index (χ3v) is 3.25. The van der Waals surface area contributed by atoms with Crippen LogP contribution in [0.2, 0.25) is 0 Å². The van der Waals surface area contributed by atoms with Gasteiger partial charge >= 0.3 is 6.18 Å². The second-order valence-corrected chi connectivity index (χ2v) is 4.47. The summed E-state index contributed by atoms with van der Waals surface area (Å²) in [7, 11) is 0. The van der Waals surface area contributed by atoms with Crippen LogP contribution in [0.1, 0.15) is 23.4 Å². The Morgan fingerprint density at radius 3 is 2.76 bits per heavy atom. The fraction of sp³-hybridized carbons (Fsp3) is 0.556. The SMILES string of the molecule is Cc1onc(C(F)(F)F)c1CSC1=NOCC1. The predicted molar refractivity (Wildman–Crippen MR) is 55.5 cm³/mol. The van der Waals surface area contributed by atoms with Crippen molar-refractivity contribution in [2.75, 3.05) is 6.61 Å². The molecule has 4 nitrogen and oxygen atoms in total. The molecule has 0 aliphatic carbocycles. The molecule has 1 aromatic heterocycles. The van der Waals surface area contributed by atoms with Gasteiger partial charge in [0.25, 0.3) is 0 Å². The maximum atomic E-state index is 12.6. The van der Waals surface area contributed by atoms with E-state index in [1.807, 2.05) is 0 Å². The van der Waals surface area contributed by atoms with Gasteiger partial charge in [-0.25, -0.2) is 0 Å². The molecule has 1 aliphatic heterocycles. The zero-order chi connectivity index (χ0) is 12.5. The Hall–Kier alpha value is -1.18. The number of hydrogen-bond acceptors (Lipinski definition) is 5. The summed E-state index contributed by atoms with van der Waals surface area (Å²) in [5.74, 6) is 0.316. The largest absolute Gasteiger partial charge is 0.437 e. The Morgan fingerprint density at radius 1 is 1.41 bits per heavy atom. The van der Waals surface area contributed by atoms with Crippen molar-refractivity contribution in [3.8, 4) is 0 Å². The van der Waals surface area contributed by atoms with E-state index in [1.165, 1.54) is 18.7 Å². The second kappa shape index (κ2) is 4.59. The van der Waals surface area contributed by atoms with Crippen molar-refractivity contribution in [3.63, 3.8) is 0 Å². The third-order valence-electron chi connectivity index (χ3n) is 2.21. The zero-order valence-electron chi connectivity index (χ0n) is 8.87. The summed E-state index contributed by atoms with van der Waals surface area (Å²) in [6, 6.07) is 0. The highest BCUT2D eigenvalue weighted by atomic mass is 32.2. The van der Waals surface area contributed by atoms with E-state index >= 15 is 0 Å². The van der Waals surface area contributed by atoms with Gasteiger partial charge in [0.05, 0.1) is 0 Å². The lowest BCUT2D eigenvalue weighted by Crippen LogP contribution is -2.09. The van der Waals surface area contributed by atoms with Crippen molar-refractivity contribution in [2.45, 2.75) is 25.3 Å². The van der Waals surface area contributed by atoms with Gasteiger partial charge in [0.2, 0.25) is 0 Å². The molecule has 0 saturated carbocycles. The van der Waals surface area contributed by atoms with Crippen LogP contribution in [0.3, 0.4) is 0 Å². The molecule has 0 aromatic carbocycles. The normalized spacial score (nSPS) is 15.9. The molecule has 2 heterocycles. The standard InChI is InChI=1S/C9H9F3N2O2S/c1-5-6(4-17-7-2-3-15-13-7)8(14-16-5)9(10,11)12/h2-4H2,1H3. The van der Waals surface area contributed by atoms with Gasteiger partial charge < -0.3 is 9.36 Å². The smallest absolute Gasteiger partial charge is 0.395 e. The van der Waals surface area contributed by atoms with Crippen molar-refractivity contribution >= 4 is 16.8 Å². The first kappa shape index (κ1) is 12.3. The fourth-order valence-electron chi connectivity index (χ4n) is 1.33. The fourth-order valence-corrected chi connectivity index (χ4v) is 2.32. The topological polar surface area (TPSA) is 47.6 Å². The minimum atomic E-state index is -4.48. The Balaban J connectivity index is 2.11. The van der Waals surface area contributed by atoms with Crippen molar-refractivity contribution in [1.29, 1.82) is 0 Å². The summed E-state index contributed by atoms with van der Waals surface area (Å²) < 4.78 is 42.3. The molecule has 0 bridgehead atoms. The summed E-state index contributed by atoms with van der Waals surface area (Å²) >= 11 is 1.21. The average Bonchev–Trinajstić information content (AvgIpc) is 2.83. The molecule has 2 rings (SSSR count). The number of aromatic nitrogens is 1. The predicted octanol–water partition coefficient (Wildman–Crippen LogP) is 2.97. The summed E-state index contributed by atoms with van der Waals surface area (Å²) in [4.78, 5) is 4.76. The minimum absolute atomic E-state index is 0.0668. The van der Waals surface area contributed by atoms with Crippen LogP contribution in [0, 0.1) is 6.92 Å². The highest BCUT2D eigenvalue weighted by molar-refractivity contribution is 8.13. The average molecular weight is 266 g/mol. The molecule has 17 heavy (non-hydrogen) atoms. The molecule has 1 aliphatic rings. The van der Waals surface area contributed by atoms with Crippen LogP contribution in [0.5, 0.6) is 0 Å². The van der Waals surface area contributed by atoms with Crippen molar-refractivity contribution in [2.24, 2.45) is 5.16 Å². The summed E-state index contributed by atoms with van der Waals surface area (Å²) in [5, 5.41) is 7.45. The van der Waals surface area contributed by atoms with Crippen LogP contribution in [0.25, 0.3) is 0 Å². The molecule has 0 atom stereocenters. The number of oxime groups is 1. The minimum Gasteiger partial charge on any atom is -0.395 e. The number of hydrogen-bond donors (Lipinski definition) is 0. The Morgan fingerprint density at radius 2 is 2.18 bits per heavy atom. The van der Waals surface area contributed by atoms with Gasteiger partial charge in [-0.2, -0.15) is 13.2 Å². The van der Waals surface area contributed by atoms with Gasteiger partial charge in [-0.3, -0.25) is 0 Å². The first-order valence-electron chi connectivity index (χ1n) is 4.82. The van der Waals surface area contributed by atoms with Gasteiger partial charge in [-0.05, 0) is 6.92 Å². The van der Waals surface area contributed by atoms with Crippen LogP contribution in [0.15, 0.2) is 9.68 Å². The first-order chi connectivity index (χ1) is 7.98. The first-order valence-corrected chi connectivity index (χ1v) is 5.81. The number of aryl methyl sites for hydroxylation is 1. The molecular formula is C9H9F3N2O2S. The quantitative estimate of drug-likeness (QED) is 0.825. The molecule has 94 valence electrons. The number of halogens is 3. The lowest BCUT2D eigenvalue weighted by atomic mass is 10.2.